The second-order valence-electron chi connectivity index (χ2n) is 4.80. The topological polar surface area (TPSA) is 42.2 Å². The fourth-order valence-electron chi connectivity index (χ4n) is 2.47. The molecular formula is C14H17NO2. The van der Waals surface area contributed by atoms with E-state index in [1.165, 1.54) is 0 Å². The van der Waals surface area contributed by atoms with E-state index in [4.69, 9.17) is 0 Å². The second kappa shape index (κ2) is 3.91. The molecule has 1 aromatic heterocycles. The van der Waals surface area contributed by atoms with Crippen molar-refractivity contribution in [3.05, 3.63) is 35.0 Å². The monoisotopic (exact) mass is 231 g/mol. The Morgan fingerprint density at radius 1 is 1.35 bits per heavy atom. The van der Waals surface area contributed by atoms with Gasteiger partial charge in [0.1, 0.15) is 0 Å². The molecule has 0 bridgehead atoms. The van der Waals surface area contributed by atoms with E-state index < -0.39 is 5.97 Å². The molecule has 0 saturated carbocycles. The van der Waals surface area contributed by atoms with Gasteiger partial charge in [-0.3, -0.25) is 0 Å². The van der Waals surface area contributed by atoms with Gasteiger partial charge in [-0.1, -0.05) is 26.0 Å². The largest absolute Gasteiger partial charge is 0.478 e. The first-order valence-corrected chi connectivity index (χ1v) is 5.75. The summed E-state index contributed by atoms with van der Waals surface area (Å²) in [7, 11) is 1.93. The molecule has 3 nitrogen and oxygen atoms in total. The molecule has 0 aliphatic carbocycles. The van der Waals surface area contributed by atoms with Crippen LogP contribution in [0.4, 0.5) is 0 Å². The van der Waals surface area contributed by atoms with Crippen molar-refractivity contribution in [2.75, 3.05) is 0 Å². The molecule has 1 aromatic carbocycles. The van der Waals surface area contributed by atoms with Gasteiger partial charge in [-0.25, -0.2) is 4.79 Å². The lowest BCUT2D eigenvalue weighted by Crippen LogP contribution is -2.05. The number of carboxylic acids is 1. The van der Waals surface area contributed by atoms with Crippen LogP contribution in [0.3, 0.4) is 0 Å². The van der Waals surface area contributed by atoms with E-state index in [1.807, 2.05) is 50.6 Å². The summed E-state index contributed by atoms with van der Waals surface area (Å²) in [5, 5.41) is 10.2. The van der Waals surface area contributed by atoms with E-state index in [2.05, 4.69) is 0 Å². The van der Waals surface area contributed by atoms with Crippen LogP contribution < -0.4 is 0 Å². The molecule has 1 heterocycles. The summed E-state index contributed by atoms with van der Waals surface area (Å²) in [5.74, 6) is -0.651. The van der Waals surface area contributed by atoms with Crippen molar-refractivity contribution < 1.29 is 9.90 Å². The number of aromatic nitrogens is 1. The minimum Gasteiger partial charge on any atom is -0.478 e. The van der Waals surface area contributed by atoms with Crippen LogP contribution in [0, 0.1) is 6.92 Å². The highest BCUT2D eigenvalue weighted by Crippen LogP contribution is 2.30. The van der Waals surface area contributed by atoms with Crippen LogP contribution in [0.1, 0.15) is 41.4 Å². The molecule has 2 rings (SSSR count). The van der Waals surface area contributed by atoms with E-state index in [9.17, 15) is 9.90 Å². The molecule has 0 aliphatic rings. The van der Waals surface area contributed by atoms with Gasteiger partial charge in [0, 0.05) is 23.6 Å². The molecule has 0 spiro atoms. The van der Waals surface area contributed by atoms with Crippen LogP contribution in [0.5, 0.6) is 0 Å². The average Bonchev–Trinajstić information content (AvgIpc) is 2.52. The van der Waals surface area contributed by atoms with E-state index in [-0.39, 0.29) is 5.92 Å². The highest BCUT2D eigenvalue weighted by molar-refractivity contribution is 6.05. The van der Waals surface area contributed by atoms with Crippen LogP contribution in [0.25, 0.3) is 10.9 Å². The Morgan fingerprint density at radius 2 is 2.00 bits per heavy atom. The quantitative estimate of drug-likeness (QED) is 0.861. The lowest BCUT2D eigenvalue weighted by atomic mass is 10.0. The van der Waals surface area contributed by atoms with Gasteiger partial charge in [0.2, 0.25) is 0 Å². The predicted octanol–water partition coefficient (Wildman–Crippen LogP) is 3.31. The Morgan fingerprint density at radius 3 is 2.53 bits per heavy atom. The van der Waals surface area contributed by atoms with Crippen molar-refractivity contribution in [3.63, 3.8) is 0 Å². The van der Waals surface area contributed by atoms with E-state index in [0.29, 0.717) is 5.56 Å². The molecule has 0 atom stereocenters. The molecule has 1 N–H and O–H groups in total. The standard InChI is InChI=1S/C14H17NO2/c1-8(2)13-12(14(16)17)10-6-5-9(3)7-11(10)15(13)4/h5-8H,1-4H3,(H,16,17). The molecule has 0 unspecified atom stereocenters. The fourth-order valence-corrected chi connectivity index (χ4v) is 2.47. The van der Waals surface area contributed by atoms with Gasteiger partial charge in [0.05, 0.1) is 5.56 Å². The number of carbonyl (C=O) groups is 1. The zero-order valence-electron chi connectivity index (χ0n) is 10.6. The van der Waals surface area contributed by atoms with E-state index in [1.54, 1.807) is 0 Å². The minimum atomic E-state index is -0.844. The highest BCUT2D eigenvalue weighted by Gasteiger charge is 2.22. The first-order chi connectivity index (χ1) is 7.93. The number of hydrogen-bond donors (Lipinski definition) is 1. The lowest BCUT2D eigenvalue weighted by molar-refractivity contribution is 0.0697. The van der Waals surface area contributed by atoms with Crippen LogP contribution in [0.2, 0.25) is 0 Å². The van der Waals surface area contributed by atoms with Crippen molar-refractivity contribution in [2.24, 2.45) is 7.05 Å². The van der Waals surface area contributed by atoms with Crippen LogP contribution in [-0.2, 0) is 7.05 Å². The third-order valence-corrected chi connectivity index (χ3v) is 3.16. The molecule has 0 amide bonds. The van der Waals surface area contributed by atoms with Crippen LogP contribution >= 0.6 is 0 Å². The lowest BCUT2D eigenvalue weighted by Gasteiger charge is -2.09. The number of aromatic carboxylic acids is 1. The van der Waals surface area contributed by atoms with Gasteiger partial charge >= 0.3 is 5.97 Å². The van der Waals surface area contributed by atoms with Crippen LogP contribution in [0.15, 0.2) is 18.2 Å². The first-order valence-electron chi connectivity index (χ1n) is 5.75. The minimum absolute atomic E-state index is 0.193. The molecular weight excluding hydrogens is 214 g/mol. The maximum Gasteiger partial charge on any atom is 0.338 e. The molecule has 0 aliphatic heterocycles. The Labute approximate surface area is 101 Å². The van der Waals surface area contributed by atoms with Crippen molar-refractivity contribution >= 4 is 16.9 Å². The third kappa shape index (κ3) is 1.71. The summed E-state index contributed by atoms with van der Waals surface area (Å²) >= 11 is 0. The number of benzene rings is 1. The Hall–Kier alpha value is -1.77. The summed E-state index contributed by atoms with van der Waals surface area (Å²) in [6.45, 7) is 6.06. The molecule has 90 valence electrons. The normalized spacial score (nSPS) is 11.4. The SMILES string of the molecule is Cc1ccc2c(C(=O)O)c(C(C)C)n(C)c2c1. The smallest absolute Gasteiger partial charge is 0.338 e. The fraction of sp³-hybridized carbons (Fsp3) is 0.357. The first kappa shape index (κ1) is 11.7. The average molecular weight is 231 g/mol. The zero-order valence-corrected chi connectivity index (χ0v) is 10.6. The van der Waals surface area contributed by atoms with Crippen LogP contribution in [-0.4, -0.2) is 15.6 Å². The third-order valence-electron chi connectivity index (χ3n) is 3.16. The Kier molecular flexibility index (Phi) is 2.69. The number of hydrogen-bond acceptors (Lipinski definition) is 1. The molecule has 3 heteroatoms. The maximum atomic E-state index is 11.4. The molecule has 17 heavy (non-hydrogen) atoms. The molecule has 0 radical (unpaired) electrons. The Bertz CT molecular complexity index is 594. The predicted molar refractivity (Wildman–Crippen MR) is 68.7 cm³/mol. The van der Waals surface area contributed by atoms with Crippen molar-refractivity contribution in [1.29, 1.82) is 0 Å². The molecule has 0 fully saturated rings. The summed E-state index contributed by atoms with van der Waals surface area (Å²) in [6.07, 6.45) is 0. The van der Waals surface area contributed by atoms with E-state index >= 15 is 0 Å². The Balaban J connectivity index is 2.93. The molecule has 2 aromatic rings. The second-order valence-corrected chi connectivity index (χ2v) is 4.80. The van der Waals surface area contributed by atoms with Gasteiger partial charge in [0.25, 0.3) is 0 Å². The van der Waals surface area contributed by atoms with Crippen molar-refractivity contribution in [2.45, 2.75) is 26.7 Å². The van der Waals surface area contributed by atoms with E-state index in [0.717, 1.165) is 22.2 Å². The van der Waals surface area contributed by atoms with Gasteiger partial charge in [-0.15, -0.1) is 0 Å². The molecule has 0 saturated heterocycles. The number of carboxylic acid groups (broad SMARTS) is 1. The maximum absolute atomic E-state index is 11.4. The number of rotatable bonds is 2. The number of nitrogens with zero attached hydrogens (tertiary/aromatic N) is 1. The summed E-state index contributed by atoms with van der Waals surface area (Å²) in [5.41, 5.74) is 3.46. The van der Waals surface area contributed by atoms with Crippen molar-refractivity contribution in [3.8, 4) is 0 Å². The van der Waals surface area contributed by atoms with Gasteiger partial charge in [-0.2, -0.15) is 0 Å². The number of fused-ring (bicyclic) bond motifs is 1. The van der Waals surface area contributed by atoms with Crippen molar-refractivity contribution in [1.82, 2.24) is 4.57 Å². The van der Waals surface area contributed by atoms with Gasteiger partial charge < -0.3 is 9.67 Å². The number of aryl methyl sites for hydroxylation is 2. The highest BCUT2D eigenvalue weighted by atomic mass is 16.4. The summed E-state index contributed by atoms with van der Waals surface area (Å²) in [4.78, 5) is 11.4. The van der Waals surface area contributed by atoms with Gasteiger partial charge in [0.15, 0.2) is 0 Å². The zero-order chi connectivity index (χ0) is 12.7. The van der Waals surface area contributed by atoms with Gasteiger partial charge in [-0.05, 0) is 24.5 Å². The summed E-state index contributed by atoms with van der Waals surface area (Å²) < 4.78 is 2.00. The summed E-state index contributed by atoms with van der Waals surface area (Å²) in [6, 6.07) is 5.90.